The Morgan fingerprint density at radius 3 is 2.60 bits per heavy atom. The third kappa shape index (κ3) is 6.50. The van der Waals surface area contributed by atoms with Gasteiger partial charge in [0.15, 0.2) is 23.8 Å². The number of nitrogens with two attached hydrogens (primary N) is 1. The number of likely N-dealkylation sites (N-methyl/N-ethyl adjacent to an activating group) is 1. The molecule has 5 rings (SSSR count). The van der Waals surface area contributed by atoms with Gasteiger partial charge in [0.05, 0.1) is 12.9 Å². The largest absolute Gasteiger partial charge is 0.491 e. The Morgan fingerprint density at radius 2 is 1.88 bits per heavy atom. The monoisotopic (exact) mass is 585 g/mol. The first-order valence-electron chi connectivity index (χ1n) is 14.1. The fourth-order valence-corrected chi connectivity index (χ4v) is 5.14. The van der Waals surface area contributed by atoms with Crippen LogP contribution in [0, 0.1) is 0 Å². The molecule has 1 amide bonds. The highest BCUT2D eigenvalue weighted by molar-refractivity contribution is 5.83. The Labute approximate surface area is 243 Å². The first-order valence-corrected chi connectivity index (χ1v) is 14.1. The second kappa shape index (κ2) is 13.5. The van der Waals surface area contributed by atoms with E-state index in [1.807, 2.05) is 12.1 Å². The third-order valence-electron chi connectivity index (χ3n) is 7.41. The molecule has 1 aromatic carbocycles. The van der Waals surface area contributed by atoms with Gasteiger partial charge in [0.1, 0.15) is 30.1 Å². The van der Waals surface area contributed by atoms with Crippen molar-refractivity contribution in [3.05, 3.63) is 30.6 Å². The number of carbonyl (C=O) groups excluding carboxylic acids is 1. The van der Waals surface area contributed by atoms with Gasteiger partial charge in [-0.05, 0) is 31.2 Å². The molecule has 2 aromatic heterocycles. The summed E-state index contributed by atoms with van der Waals surface area (Å²) >= 11 is 0. The van der Waals surface area contributed by atoms with Crippen molar-refractivity contribution in [1.29, 1.82) is 0 Å². The van der Waals surface area contributed by atoms with Gasteiger partial charge in [-0.1, -0.05) is 0 Å². The highest BCUT2D eigenvalue weighted by Crippen LogP contribution is 2.32. The second-order valence-corrected chi connectivity index (χ2v) is 10.2. The van der Waals surface area contributed by atoms with E-state index in [0.717, 1.165) is 38.5 Å². The number of hydrogen-bond acceptors (Lipinski definition) is 13. The molecule has 6 N–H and O–H groups in total. The minimum atomic E-state index is -1.41. The molecule has 3 aromatic rings. The number of piperazine rings is 1. The van der Waals surface area contributed by atoms with Crippen LogP contribution >= 0.6 is 0 Å². The first kappa shape index (κ1) is 29.7. The van der Waals surface area contributed by atoms with Crippen molar-refractivity contribution in [2.75, 3.05) is 82.1 Å². The van der Waals surface area contributed by atoms with Crippen LogP contribution in [0.1, 0.15) is 13.2 Å². The zero-order valence-corrected chi connectivity index (χ0v) is 23.8. The van der Waals surface area contributed by atoms with Crippen molar-refractivity contribution in [2.45, 2.75) is 31.5 Å². The Kier molecular flexibility index (Phi) is 9.54. The van der Waals surface area contributed by atoms with E-state index >= 15 is 0 Å². The van der Waals surface area contributed by atoms with Gasteiger partial charge in [0, 0.05) is 58.6 Å². The quantitative estimate of drug-likeness (QED) is 0.170. The summed E-state index contributed by atoms with van der Waals surface area (Å²) in [4.78, 5) is 30.1. The average molecular weight is 586 g/mol. The lowest BCUT2D eigenvalue weighted by molar-refractivity contribution is -0.137. The van der Waals surface area contributed by atoms with Gasteiger partial charge in [-0.25, -0.2) is 4.98 Å². The molecule has 2 aliphatic heterocycles. The molecule has 0 radical (unpaired) electrons. The Hall–Kier alpha value is -3.76. The number of rotatable bonds is 12. The zero-order valence-electron chi connectivity index (χ0n) is 23.8. The molecule has 0 spiro atoms. The lowest BCUT2D eigenvalue weighted by atomic mass is 10.1. The molecule has 42 heavy (non-hydrogen) atoms. The van der Waals surface area contributed by atoms with E-state index in [4.69, 9.17) is 19.9 Å². The molecule has 15 heteroatoms. The van der Waals surface area contributed by atoms with Crippen molar-refractivity contribution >= 4 is 34.5 Å². The topological polar surface area (TPSA) is 185 Å². The number of methoxy groups -OCH3 is 1. The summed E-state index contributed by atoms with van der Waals surface area (Å²) in [5.41, 5.74) is 7.98. The maximum atomic E-state index is 12.3. The smallest absolute Gasteiger partial charge is 0.252 e. The molecule has 0 unspecified atom stereocenters. The number of nitrogens with zero attached hydrogens (tertiary/aromatic N) is 6. The normalized spacial score (nSPS) is 22.9. The number of anilines is 3. The van der Waals surface area contributed by atoms with E-state index in [2.05, 4.69) is 47.5 Å². The van der Waals surface area contributed by atoms with Crippen molar-refractivity contribution in [1.82, 2.24) is 29.7 Å². The predicted octanol–water partition coefficient (Wildman–Crippen LogP) is -0.577. The van der Waals surface area contributed by atoms with E-state index in [0.29, 0.717) is 43.4 Å². The highest BCUT2D eigenvalue weighted by atomic mass is 16.6. The maximum absolute atomic E-state index is 12.3. The zero-order chi connectivity index (χ0) is 29.6. The van der Waals surface area contributed by atoms with E-state index in [9.17, 15) is 15.0 Å². The van der Waals surface area contributed by atoms with Crippen LogP contribution in [0.25, 0.3) is 11.2 Å². The molecule has 0 aliphatic carbocycles. The van der Waals surface area contributed by atoms with E-state index < -0.39 is 30.4 Å². The number of fused-ring (bicyclic) bond motifs is 1. The first-order chi connectivity index (χ1) is 20.4. The van der Waals surface area contributed by atoms with Crippen molar-refractivity contribution in [3.8, 4) is 5.75 Å². The lowest BCUT2D eigenvalue weighted by Crippen LogP contribution is -2.47. The van der Waals surface area contributed by atoms with Crippen LogP contribution in [-0.2, 0) is 14.3 Å². The van der Waals surface area contributed by atoms with Crippen LogP contribution in [0.5, 0.6) is 5.75 Å². The average Bonchev–Trinajstić information content (AvgIpc) is 3.55. The molecule has 228 valence electrons. The van der Waals surface area contributed by atoms with Gasteiger partial charge in [0.25, 0.3) is 5.91 Å². The second-order valence-electron chi connectivity index (χ2n) is 10.2. The lowest BCUT2D eigenvalue weighted by Gasteiger charge is -2.36. The number of nitrogens with one attached hydrogen (secondary N) is 2. The predicted molar refractivity (Wildman–Crippen MR) is 155 cm³/mol. The molecule has 2 fully saturated rings. The summed E-state index contributed by atoms with van der Waals surface area (Å²) in [7, 11) is 1.65. The van der Waals surface area contributed by atoms with Crippen molar-refractivity contribution in [3.63, 3.8) is 0 Å². The van der Waals surface area contributed by atoms with E-state index in [1.165, 1.54) is 16.6 Å². The summed E-state index contributed by atoms with van der Waals surface area (Å²) in [6.45, 7) is 8.22. The molecular weight excluding hydrogens is 546 g/mol. The van der Waals surface area contributed by atoms with E-state index in [-0.39, 0.29) is 5.82 Å². The highest BCUT2D eigenvalue weighted by Gasteiger charge is 2.47. The molecule has 4 heterocycles. The van der Waals surface area contributed by atoms with Crippen molar-refractivity contribution in [2.24, 2.45) is 0 Å². The van der Waals surface area contributed by atoms with Gasteiger partial charge in [-0.3, -0.25) is 14.3 Å². The number of aromatic nitrogens is 4. The van der Waals surface area contributed by atoms with Crippen molar-refractivity contribution < 1.29 is 29.2 Å². The number of aliphatic hydroxyl groups is 2. The van der Waals surface area contributed by atoms with Gasteiger partial charge in [0.2, 0.25) is 5.95 Å². The molecule has 0 saturated carbocycles. The summed E-state index contributed by atoms with van der Waals surface area (Å²) in [5.74, 6) is 0.798. The molecule has 15 nitrogen and oxygen atoms in total. The SMILES string of the molecule is CCNC(=O)[C@H]1O[C@@H](n2cnc3c(N)nc(NCCN4CCN(c5ccc(OCCOC)cc5)CC4)nc32)[C@H](O)[C@@H]1O. The minimum absolute atomic E-state index is 0.165. The molecule has 0 bridgehead atoms. The van der Waals surface area contributed by atoms with Crippen LogP contribution < -0.4 is 26.0 Å². The summed E-state index contributed by atoms with van der Waals surface area (Å²) in [5, 5.41) is 26.9. The Morgan fingerprint density at radius 1 is 1.12 bits per heavy atom. The number of ether oxygens (including phenoxy) is 3. The number of aliphatic hydroxyl groups excluding tert-OH is 2. The van der Waals surface area contributed by atoms with Crippen LogP contribution in [0.4, 0.5) is 17.5 Å². The number of imidazole rings is 1. The number of benzene rings is 1. The standard InChI is InChI=1S/C27H39N9O6/c1-3-29-25(39)22-20(37)21(38)26(42-22)36-16-31-19-23(28)32-27(33-24(19)36)30-8-9-34-10-12-35(13-11-34)17-4-6-18(7-5-17)41-15-14-40-2/h4-7,16,20-22,26,37-38H,3,8-15H2,1-2H3,(H,29,39)(H3,28,30,32,33)/t20-,21+,22-,26+/m0/s1. The van der Waals surface area contributed by atoms with Gasteiger partial charge in [-0.2, -0.15) is 9.97 Å². The van der Waals surface area contributed by atoms with Crippen LogP contribution in [0.2, 0.25) is 0 Å². The maximum Gasteiger partial charge on any atom is 0.252 e. The fraction of sp³-hybridized carbons (Fsp3) is 0.556. The van der Waals surface area contributed by atoms with Gasteiger partial charge in [-0.15, -0.1) is 0 Å². The van der Waals surface area contributed by atoms with Gasteiger partial charge < -0.3 is 45.7 Å². The summed E-state index contributed by atoms with van der Waals surface area (Å²) < 4.78 is 17.9. The number of nitrogen functional groups attached to an aromatic ring is 1. The number of carbonyl (C=O) groups is 1. The Bertz CT molecular complexity index is 1330. The summed E-state index contributed by atoms with van der Waals surface area (Å²) in [6, 6.07) is 8.13. The molecule has 2 saturated heterocycles. The van der Waals surface area contributed by atoms with Gasteiger partial charge >= 0.3 is 0 Å². The molecular formula is C27H39N9O6. The van der Waals surface area contributed by atoms with Crippen LogP contribution in [-0.4, -0.2) is 125 Å². The molecule has 2 aliphatic rings. The van der Waals surface area contributed by atoms with E-state index in [1.54, 1.807) is 14.0 Å². The minimum Gasteiger partial charge on any atom is -0.491 e. The Balaban J connectivity index is 1.15. The van der Waals surface area contributed by atoms with Crippen LogP contribution in [0.3, 0.4) is 0 Å². The molecule has 4 atom stereocenters. The number of amides is 1. The summed E-state index contributed by atoms with van der Waals surface area (Å²) in [6.07, 6.45) is -3.67. The number of hydrogen-bond donors (Lipinski definition) is 5. The third-order valence-corrected chi connectivity index (χ3v) is 7.41. The fourth-order valence-electron chi connectivity index (χ4n) is 5.14. The van der Waals surface area contributed by atoms with Crippen LogP contribution in [0.15, 0.2) is 30.6 Å².